The average Bonchev–Trinajstić information content (AvgIpc) is 2.14. The molecule has 0 aliphatic heterocycles. The van der Waals surface area contributed by atoms with Gasteiger partial charge in [-0.1, -0.05) is 19.8 Å². The fourth-order valence-corrected chi connectivity index (χ4v) is 1.01. The summed E-state index contributed by atoms with van der Waals surface area (Å²) in [4.78, 5) is 21.6. The van der Waals surface area contributed by atoms with Gasteiger partial charge in [-0.25, -0.2) is 0 Å². The summed E-state index contributed by atoms with van der Waals surface area (Å²) in [5, 5.41) is 11.2. The molecule has 2 N–H and O–H groups in total. The third-order valence-electron chi connectivity index (χ3n) is 2.04. The molecule has 0 heterocycles. The van der Waals surface area contributed by atoms with Crippen molar-refractivity contribution in [2.24, 2.45) is 0 Å². The Morgan fingerprint density at radius 3 is 2.50 bits per heavy atom. The summed E-state index contributed by atoms with van der Waals surface area (Å²) in [5.41, 5.74) is 0. The van der Waals surface area contributed by atoms with E-state index in [0.29, 0.717) is 6.42 Å². The molecule has 0 spiro atoms. The van der Waals surface area contributed by atoms with Gasteiger partial charge >= 0.3 is 5.97 Å². The van der Waals surface area contributed by atoms with E-state index in [1.54, 1.807) is 0 Å². The number of carbonyl (C=O) groups excluding carboxylic acids is 1. The van der Waals surface area contributed by atoms with Crippen LogP contribution < -0.4 is 5.32 Å². The van der Waals surface area contributed by atoms with Gasteiger partial charge in [-0.2, -0.15) is 0 Å². The van der Waals surface area contributed by atoms with Crippen LogP contribution in [-0.2, 0) is 9.59 Å². The molecular weight excluding hydrogens is 182 g/mol. The molecule has 0 aliphatic carbocycles. The Labute approximate surface area is 84.7 Å². The first-order chi connectivity index (χ1) is 6.57. The molecule has 82 valence electrons. The number of rotatable bonds is 8. The Morgan fingerprint density at radius 1 is 1.36 bits per heavy atom. The van der Waals surface area contributed by atoms with Crippen LogP contribution >= 0.6 is 0 Å². The molecule has 0 saturated carbocycles. The lowest BCUT2D eigenvalue weighted by molar-refractivity contribution is -0.139. The van der Waals surface area contributed by atoms with Crippen molar-refractivity contribution in [1.29, 1.82) is 0 Å². The Hall–Kier alpha value is -0.900. The van der Waals surface area contributed by atoms with Gasteiger partial charge in [0, 0.05) is 6.42 Å². The normalized spacial score (nSPS) is 12.4. The molecule has 0 bridgehead atoms. The average molecular weight is 201 g/mol. The molecule has 0 radical (unpaired) electrons. The highest BCUT2D eigenvalue weighted by Crippen LogP contribution is 1.99. The number of carboxylic acid groups (broad SMARTS) is 1. The van der Waals surface area contributed by atoms with Crippen LogP contribution in [0.1, 0.15) is 39.5 Å². The van der Waals surface area contributed by atoms with E-state index in [2.05, 4.69) is 12.2 Å². The third kappa shape index (κ3) is 6.60. The number of aliphatic carboxylic acids is 1. The van der Waals surface area contributed by atoms with E-state index >= 15 is 0 Å². The zero-order chi connectivity index (χ0) is 11.0. The maximum absolute atomic E-state index is 11.2. The zero-order valence-corrected chi connectivity index (χ0v) is 8.88. The number of carbonyl (C=O) groups is 2. The SMILES string of the molecule is CCCCCC(=O)CN[C@@H](C)C(=O)O. The summed E-state index contributed by atoms with van der Waals surface area (Å²) in [5.74, 6) is -0.835. The molecule has 0 saturated heterocycles. The van der Waals surface area contributed by atoms with Gasteiger partial charge in [-0.3, -0.25) is 14.9 Å². The van der Waals surface area contributed by atoms with Gasteiger partial charge in [0.25, 0.3) is 0 Å². The molecule has 0 aliphatic rings. The predicted molar refractivity (Wildman–Crippen MR) is 54.2 cm³/mol. The molecule has 0 rings (SSSR count). The number of unbranched alkanes of at least 4 members (excludes halogenated alkanes) is 2. The van der Waals surface area contributed by atoms with Crippen LogP contribution in [0.25, 0.3) is 0 Å². The maximum atomic E-state index is 11.2. The zero-order valence-electron chi connectivity index (χ0n) is 8.88. The molecule has 4 nitrogen and oxygen atoms in total. The lowest BCUT2D eigenvalue weighted by Gasteiger charge is -2.07. The van der Waals surface area contributed by atoms with Crippen LogP contribution in [-0.4, -0.2) is 29.4 Å². The second-order valence-electron chi connectivity index (χ2n) is 3.44. The van der Waals surface area contributed by atoms with Crippen LogP contribution in [0.15, 0.2) is 0 Å². The molecule has 4 heteroatoms. The minimum absolute atomic E-state index is 0.0894. The monoisotopic (exact) mass is 201 g/mol. The standard InChI is InChI=1S/C10H19NO3/c1-3-4-5-6-9(12)7-11-8(2)10(13)14/h8,11H,3-7H2,1-2H3,(H,13,14)/t8-/m0/s1. The Balaban J connectivity index is 3.48. The summed E-state index contributed by atoms with van der Waals surface area (Å²) in [6, 6.07) is -0.648. The van der Waals surface area contributed by atoms with Crippen molar-refractivity contribution in [3.05, 3.63) is 0 Å². The van der Waals surface area contributed by atoms with Crippen molar-refractivity contribution in [2.75, 3.05) is 6.54 Å². The fourth-order valence-electron chi connectivity index (χ4n) is 1.01. The van der Waals surface area contributed by atoms with Gasteiger partial charge in [0.1, 0.15) is 11.8 Å². The fraction of sp³-hybridized carbons (Fsp3) is 0.800. The smallest absolute Gasteiger partial charge is 0.320 e. The Bertz CT molecular complexity index is 192. The van der Waals surface area contributed by atoms with Crippen molar-refractivity contribution >= 4 is 11.8 Å². The maximum Gasteiger partial charge on any atom is 0.320 e. The molecule has 0 aromatic heterocycles. The van der Waals surface area contributed by atoms with Gasteiger partial charge < -0.3 is 5.11 Å². The number of ketones is 1. The molecule has 0 fully saturated rings. The van der Waals surface area contributed by atoms with Crippen LogP contribution in [0.3, 0.4) is 0 Å². The minimum Gasteiger partial charge on any atom is -0.480 e. The third-order valence-corrected chi connectivity index (χ3v) is 2.04. The van der Waals surface area contributed by atoms with E-state index in [1.807, 2.05) is 0 Å². The Kier molecular flexibility index (Phi) is 7.02. The van der Waals surface area contributed by atoms with E-state index < -0.39 is 12.0 Å². The first-order valence-electron chi connectivity index (χ1n) is 5.05. The first-order valence-corrected chi connectivity index (χ1v) is 5.05. The molecule has 0 unspecified atom stereocenters. The molecular formula is C10H19NO3. The van der Waals surface area contributed by atoms with Gasteiger partial charge in [0.15, 0.2) is 0 Å². The molecule has 0 aromatic rings. The molecule has 1 atom stereocenters. The topological polar surface area (TPSA) is 66.4 Å². The lowest BCUT2D eigenvalue weighted by atomic mass is 10.1. The second kappa shape index (κ2) is 7.50. The predicted octanol–water partition coefficient (Wildman–Crippen LogP) is 1.20. The molecule has 0 aromatic carbocycles. The molecule has 14 heavy (non-hydrogen) atoms. The number of hydrogen-bond acceptors (Lipinski definition) is 3. The number of Topliss-reactive ketones (excluding diaryl/α,β-unsaturated/α-hetero) is 1. The highest BCUT2D eigenvalue weighted by molar-refractivity contribution is 5.81. The summed E-state index contributed by atoms with van der Waals surface area (Å²) >= 11 is 0. The van der Waals surface area contributed by atoms with Crippen molar-refractivity contribution in [2.45, 2.75) is 45.6 Å². The minimum atomic E-state index is -0.925. The van der Waals surface area contributed by atoms with E-state index in [1.165, 1.54) is 6.92 Å². The number of hydrogen-bond donors (Lipinski definition) is 2. The first kappa shape index (κ1) is 13.1. The number of carboxylic acids is 1. The highest BCUT2D eigenvalue weighted by Gasteiger charge is 2.11. The summed E-state index contributed by atoms with van der Waals surface area (Å²) in [6.45, 7) is 3.77. The van der Waals surface area contributed by atoms with Crippen LogP contribution in [0.4, 0.5) is 0 Å². The molecule has 0 amide bonds. The van der Waals surface area contributed by atoms with Gasteiger partial charge in [0.05, 0.1) is 6.54 Å². The van der Waals surface area contributed by atoms with Crippen molar-refractivity contribution in [3.63, 3.8) is 0 Å². The number of nitrogens with one attached hydrogen (secondary N) is 1. The van der Waals surface area contributed by atoms with Crippen LogP contribution in [0, 0.1) is 0 Å². The Morgan fingerprint density at radius 2 is 2.00 bits per heavy atom. The largest absolute Gasteiger partial charge is 0.480 e. The lowest BCUT2D eigenvalue weighted by Crippen LogP contribution is -2.37. The van der Waals surface area contributed by atoms with Crippen LogP contribution in [0.5, 0.6) is 0 Å². The van der Waals surface area contributed by atoms with Gasteiger partial charge in [-0.15, -0.1) is 0 Å². The van der Waals surface area contributed by atoms with Gasteiger partial charge in [-0.05, 0) is 13.3 Å². The van der Waals surface area contributed by atoms with E-state index in [-0.39, 0.29) is 12.3 Å². The summed E-state index contributed by atoms with van der Waals surface area (Å²) in [6.07, 6.45) is 3.60. The van der Waals surface area contributed by atoms with Gasteiger partial charge in [0.2, 0.25) is 0 Å². The summed E-state index contributed by atoms with van der Waals surface area (Å²) < 4.78 is 0. The van der Waals surface area contributed by atoms with Crippen molar-refractivity contribution < 1.29 is 14.7 Å². The van der Waals surface area contributed by atoms with E-state index in [0.717, 1.165) is 19.3 Å². The van der Waals surface area contributed by atoms with Crippen LogP contribution in [0.2, 0.25) is 0 Å². The van der Waals surface area contributed by atoms with E-state index in [9.17, 15) is 9.59 Å². The van der Waals surface area contributed by atoms with Crippen molar-refractivity contribution in [3.8, 4) is 0 Å². The second-order valence-corrected chi connectivity index (χ2v) is 3.44. The summed E-state index contributed by atoms with van der Waals surface area (Å²) in [7, 11) is 0. The van der Waals surface area contributed by atoms with E-state index in [4.69, 9.17) is 5.11 Å². The van der Waals surface area contributed by atoms with Crippen molar-refractivity contribution in [1.82, 2.24) is 5.32 Å². The quantitative estimate of drug-likeness (QED) is 0.579. The highest BCUT2D eigenvalue weighted by atomic mass is 16.4.